The number of benzene rings is 1. The van der Waals surface area contributed by atoms with E-state index in [1.54, 1.807) is 7.11 Å². The van der Waals surface area contributed by atoms with E-state index in [0.717, 1.165) is 18.3 Å². The monoisotopic (exact) mass is 259 g/mol. The van der Waals surface area contributed by atoms with Gasteiger partial charge in [0.15, 0.2) is 0 Å². The maximum Gasteiger partial charge on any atom is 0.123 e. The first kappa shape index (κ1) is 13.0. The maximum atomic E-state index is 5.43. The topological polar surface area (TPSA) is 21.3 Å². The molecule has 1 atom stereocenters. The van der Waals surface area contributed by atoms with Gasteiger partial charge in [-0.3, -0.25) is 0 Å². The van der Waals surface area contributed by atoms with E-state index in [9.17, 15) is 0 Å². The third-order valence-corrected chi connectivity index (χ3v) is 5.25. The molecule has 0 saturated heterocycles. The molecule has 104 valence electrons. The van der Waals surface area contributed by atoms with Crippen LogP contribution in [0.25, 0.3) is 0 Å². The van der Waals surface area contributed by atoms with Gasteiger partial charge in [-0.15, -0.1) is 0 Å². The Hall–Kier alpha value is -1.02. The highest BCUT2D eigenvalue weighted by molar-refractivity contribution is 5.33. The number of rotatable bonds is 4. The van der Waals surface area contributed by atoms with Crippen molar-refractivity contribution in [3.63, 3.8) is 0 Å². The summed E-state index contributed by atoms with van der Waals surface area (Å²) in [5.74, 6) is 1.01. The smallest absolute Gasteiger partial charge is 0.123 e. The Balaban J connectivity index is 1.60. The van der Waals surface area contributed by atoms with Gasteiger partial charge in [-0.25, -0.2) is 0 Å². The molecule has 1 aromatic carbocycles. The second-order valence-electron chi connectivity index (χ2n) is 6.21. The Bertz CT molecular complexity index is 423. The lowest BCUT2D eigenvalue weighted by molar-refractivity contribution is 0.0220. The SMILES string of the molecule is COc1ccccc1CN[C@H]1CCC12CCCCC2. The molecule has 0 amide bonds. The lowest BCUT2D eigenvalue weighted by atomic mass is 9.57. The Labute approximate surface area is 116 Å². The molecule has 0 unspecified atom stereocenters. The fourth-order valence-corrected chi connectivity index (χ4v) is 3.95. The minimum Gasteiger partial charge on any atom is -0.496 e. The largest absolute Gasteiger partial charge is 0.496 e. The van der Waals surface area contributed by atoms with Crippen LogP contribution in [0.3, 0.4) is 0 Å². The van der Waals surface area contributed by atoms with E-state index in [2.05, 4.69) is 17.4 Å². The van der Waals surface area contributed by atoms with Crippen LogP contribution in [0.1, 0.15) is 50.5 Å². The van der Waals surface area contributed by atoms with Gasteiger partial charge in [0.25, 0.3) is 0 Å². The molecule has 0 aromatic heterocycles. The zero-order chi connectivity index (χ0) is 13.1. The fourth-order valence-electron chi connectivity index (χ4n) is 3.95. The molecule has 2 aliphatic carbocycles. The van der Waals surface area contributed by atoms with Crippen molar-refractivity contribution >= 4 is 0 Å². The minimum absolute atomic E-state index is 0.639. The highest BCUT2D eigenvalue weighted by atomic mass is 16.5. The molecule has 0 aliphatic heterocycles. The van der Waals surface area contributed by atoms with E-state index < -0.39 is 0 Å². The van der Waals surface area contributed by atoms with E-state index in [4.69, 9.17) is 4.74 Å². The van der Waals surface area contributed by atoms with Crippen molar-refractivity contribution < 1.29 is 4.74 Å². The van der Waals surface area contributed by atoms with E-state index in [1.165, 1.54) is 50.5 Å². The standard InChI is InChI=1S/C17H25NO/c1-19-15-8-4-3-7-14(15)13-18-16-9-12-17(16)10-5-2-6-11-17/h3-4,7-8,16,18H,2,5-6,9-13H2,1H3/t16-/m0/s1. The van der Waals surface area contributed by atoms with Crippen molar-refractivity contribution in [3.05, 3.63) is 29.8 Å². The van der Waals surface area contributed by atoms with Gasteiger partial charge in [-0.05, 0) is 37.2 Å². The molecule has 0 heterocycles. The quantitative estimate of drug-likeness (QED) is 0.885. The fraction of sp³-hybridized carbons (Fsp3) is 0.647. The molecule has 1 aromatic rings. The summed E-state index contributed by atoms with van der Waals surface area (Å²) < 4.78 is 5.43. The van der Waals surface area contributed by atoms with Crippen LogP contribution in [0, 0.1) is 5.41 Å². The van der Waals surface area contributed by atoms with Gasteiger partial charge in [0, 0.05) is 18.2 Å². The molecule has 2 fully saturated rings. The second-order valence-corrected chi connectivity index (χ2v) is 6.21. The molecular weight excluding hydrogens is 234 g/mol. The molecule has 2 aliphatic rings. The van der Waals surface area contributed by atoms with Crippen molar-refractivity contribution in [2.24, 2.45) is 5.41 Å². The Morgan fingerprint density at radius 2 is 1.95 bits per heavy atom. The zero-order valence-corrected chi connectivity index (χ0v) is 12.0. The molecule has 0 bridgehead atoms. The Morgan fingerprint density at radius 3 is 2.63 bits per heavy atom. The lowest BCUT2D eigenvalue weighted by Crippen LogP contribution is -2.53. The van der Waals surface area contributed by atoms with Crippen molar-refractivity contribution in [1.29, 1.82) is 0 Å². The highest BCUT2D eigenvalue weighted by Gasteiger charge is 2.46. The summed E-state index contributed by atoms with van der Waals surface area (Å²) in [5, 5.41) is 3.79. The highest BCUT2D eigenvalue weighted by Crippen LogP contribution is 2.51. The van der Waals surface area contributed by atoms with Gasteiger partial charge >= 0.3 is 0 Å². The van der Waals surface area contributed by atoms with Crippen LogP contribution < -0.4 is 10.1 Å². The molecule has 19 heavy (non-hydrogen) atoms. The summed E-state index contributed by atoms with van der Waals surface area (Å²) >= 11 is 0. The zero-order valence-electron chi connectivity index (χ0n) is 12.0. The van der Waals surface area contributed by atoms with Gasteiger partial charge in [0.2, 0.25) is 0 Å². The predicted octanol–water partition coefficient (Wildman–Crippen LogP) is 3.90. The van der Waals surface area contributed by atoms with Crippen LogP contribution in [0.2, 0.25) is 0 Å². The van der Waals surface area contributed by atoms with Crippen molar-refractivity contribution in [1.82, 2.24) is 5.32 Å². The average molecular weight is 259 g/mol. The third-order valence-electron chi connectivity index (χ3n) is 5.25. The van der Waals surface area contributed by atoms with Crippen molar-refractivity contribution in [2.75, 3.05) is 7.11 Å². The van der Waals surface area contributed by atoms with Crippen LogP contribution in [0.5, 0.6) is 5.75 Å². The first-order valence-corrected chi connectivity index (χ1v) is 7.69. The first-order valence-electron chi connectivity index (χ1n) is 7.69. The van der Waals surface area contributed by atoms with Crippen LogP contribution in [-0.4, -0.2) is 13.2 Å². The first-order chi connectivity index (χ1) is 9.34. The summed E-state index contributed by atoms with van der Waals surface area (Å²) in [5.41, 5.74) is 1.92. The van der Waals surface area contributed by atoms with Gasteiger partial charge in [-0.2, -0.15) is 0 Å². The molecule has 2 saturated carbocycles. The molecular formula is C17H25NO. The molecule has 1 spiro atoms. The van der Waals surface area contributed by atoms with Crippen LogP contribution in [-0.2, 0) is 6.54 Å². The summed E-state index contributed by atoms with van der Waals surface area (Å²) in [4.78, 5) is 0. The number of nitrogens with one attached hydrogen (secondary N) is 1. The second kappa shape index (κ2) is 5.54. The summed E-state index contributed by atoms with van der Waals surface area (Å²) in [6.07, 6.45) is 10.00. The molecule has 1 N–H and O–H groups in total. The van der Waals surface area contributed by atoms with Gasteiger partial charge in [0.1, 0.15) is 5.75 Å². The van der Waals surface area contributed by atoms with Gasteiger partial charge < -0.3 is 10.1 Å². The summed E-state index contributed by atoms with van der Waals surface area (Å²) in [6, 6.07) is 9.08. The van der Waals surface area contributed by atoms with Crippen molar-refractivity contribution in [3.8, 4) is 5.75 Å². The van der Waals surface area contributed by atoms with Crippen LogP contribution in [0.15, 0.2) is 24.3 Å². The maximum absolute atomic E-state index is 5.43. The normalized spacial score (nSPS) is 25.0. The molecule has 2 heteroatoms. The third kappa shape index (κ3) is 2.51. The molecule has 0 radical (unpaired) electrons. The van der Waals surface area contributed by atoms with E-state index in [-0.39, 0.29) is 0 Å². The van der Waals surface area contributed by atoms with Crippen LogP contribution >= 0.6 is 0 Å². The summed E-state index contributed by atoms with van der Waals surface area (Å²) in [6.45, 7) is 0.941. The Kier molecular flexibility index (Phi) is 3.79. The van der Waals surface area contributed by atoms with E-state index in [0.29, 0.717) is 5.41 Å². The number of hydrogen-bond acceptors (Lipinski definition) is 2. The minimum atomic E-state index is 0.639. The number of ether oxygens (including phenoxy) is 1. The number of hydrogen-bond donors (Lipinski definition) is 1. The van der Waals surface area contributed by atoms with Gasteiger partial charge in [0.05, 0.1) is 7.11 Å². The van der Waals surface area contributed by atoms with Crippen molar-refractivity contribution in [2.45, 2.75) is 57.5 Å². The predicted molar refractivity (Wildman–Crippen MR) is 78.4 cm³/mol. The summed E-state index contributed by atoms with van der Waals surface area (Å²) in [7, 11) is 1.75. The number of methoxy groups -OCH3 is 1. The Morgan fingerprint density at radius 1 is 1.16 bits per heavy atom. The number of para-hydroxylation sites is 1. The molecule has 3 rings (SSSR count). The molecule has 2 nitrogen and oxygen atoms in total. The van der Waals surface area contributed by atoms with Gasteiger partial charge in [-0.1, -0.05) is 37.5 Å². The van der Waals surface area contributed by atoms with Crippen LogP contribution in [0.4, 0.5) is 0 Å². The van der Waals surface area contributed by atoms with E-state index in [1.807, 2.05) is 12.1 Å². The lowest BCUT2D eigenvalue weighted by Gasteiger charge is -2.52. The van der Waals surface area contributed by atoms with E-state index >= 15 is 0 Å². The average Bonchev–Trinajstić information content (AvgIpc) is 2.47.